The minimum atomic E-state index is -2.40. The molecule has 0 aromatic rings. The van der Waals surface area contributed by atoms with Crippen LogP contribution in [0.2, 0.25) is 6.04 Å². The summed E-state index contributed by atoms with van der Waals surface area (Å²) in [5, 5.41) is 0. The van der Waals surface area contributed by atoms with E-state index < -0.39 is 6.00 Å². The van der Waals surface area contributed by atoms with Gasteiger partial charge in [-0.05, 0) is 24.1 Å². The molecule has 0 nitrogen and oxygen atoms in total. The number of hydrogen-bond donors (Lipinski definition) is 1. The largest absolute Gasteiger partial charge is 0.341 e. The molecule has 0 bridgehead atoms. The SMILES string of the molecule is CCC(CCS)C[Si](Cl)(Cl)Cl. The monoisotopic (exact) mass is 250 g/mol. The first-order chi connectivity index (χ1) is 4.99. The summed E-state index contributed by atoms with van der Waals surface area (Å²) in [6.07, 6.45) is 2.14. The third kappa shape index (κ3) is 7.79. The van der Waals surface area contributed by atoms with Gasteiger partial charge in [0.25, 0.3) is 0 Å². The number of hydrogen-bond acceptors (Lipinski definition) is 1. The molecule has 11 heavy (non-hydrogen) atoms. The van der Waals surface area contributed by atoms with Crippen LogP contribution >= 0.6 is 45.9 Å². The van der Waals surface area contributed by atoms with Gasteiger partial charge in [-0.15, -0.1) is 33.2 Å². The Morgan fingerprint density at radius 1 is 1.36 bits per heavy atom. The molecule has 0 fully saturated rings. The molecule has 0 N–H and O–H groups in total. The Morgan fingerprint density at radius 2 is 1.91 bits per heavy atom. The maximum Gasteiger partial charge on any atom is 0.341 e. The van der Waals surface area contributed by atoms with Gasteiger partial charge in [-0.2, -0.15) is 12.6 Å². The predicted molar refractivity (Wildman–Crippen MR) is 60.4 cm³/mol. The summed E-state index contributed by atoms with van der Waals surface area (Å²) in [6.45, 7) is 2.12. The molecule has 0 aliphatic carbocycles. The second-order valence-corrected chi connectivity index (χ2v) is 12.2. The first-order valence-corrected chi connectivity index (χ1v) is 9.54. The van der Waals surface area contributed by atoms with Crippen LogP contribution in [0.25, 0.3) is 0 Å². The molecule has 0 saturated carbocycles. The van der Waals surface area contributed by atoms with Crippen LogP contribution in [0.3, 0.4) is 0 Å². The molecule has 0 aromatic heterocycles. The van der Waals surface area contributed by atoms with E-state index >= 15 is 0 Å². The number of thiol groups is 1. The molecule has 0 rings (SSSR count). The Labute approximate surface area is 89.1 Å². The molecule has 0 aliphatic heterocycles. The van der Waals surface area contributed by atoms with Crippen molar-refractivity contribution in [3.05, 3.63) is 0 Å². The smallest absolute Gasteiger partial charge is 0.179 e. The van der Waals surface area contributed by atoms with Crippen molar-refractivity contribution in [1.82, 2.24) is 0 Å². The summed E-state index contributed by atoms with van der Waals surface area (Å²) < 4.78 is 0. The van der Waals surface area contributed by atoms with E-state index in [4.69, 9.17) is 33.2 Å². The molecule has 0 aromatic carbocycles. The highest BCUT2D eigenvalue weighted by atomic mass is 35.8. The van der Waals surface area contributed by atoms with Crippen molar-refractivity contribution < 1.29 is 0 Å². The lowest BCUT2D eigenvalue weighted by Gasteiger charge is -2.16. The maximum absolute atomic E-state index is 5.79. The second kappa shape index (κ2) is 5.98. The van der Waals surface area contributed by atoms with Crippen LogP contribution < -0.4 is 0 Å². The summed E-state index contributed by atoms with van der Waals surface area (Å²) in [5.74, 6) is 1.43. The van der Waals surface area contributed by atoms with Gasteiger partial charge in [0.2, 0.25) is 0 Å². The molecule has 0 aliphatic rings. The average Bonchev–Trinajstić information content (AvgIpc) is 1.84. The van der Waals surface area contributed by atoms with Crippen LogP contribution in [0.5, 0.6) is 0 Å². The fourth-order valence-corrected chi connectivity index (χ4v) is 4.44. The van der Waals surface area contributed by atoms with Crippen molar-refractivity contribution in [2.75, 3.05) is 5.75 Å². The quantitative estimate of drug-likeness (QED) is 0.426. The fourth-order valence-electron chi connectivity index (χ4n) is 0.960. The van der Waals surface area contributed by atoms with E-state index in [1.807, 2.05) is 0 Å². The summed E-state index contributed by atoms with van der Waals surface area (Å²) in [7, 11) is 0. The van der Waals surface area contributed by atoms with E-state index in [0.717, 1.165) is 24.6 Å². The molecule has 68 valence electrons. The zero-order chi connectivity index (χ0) is 8.91. The Morgan fingerprint density at radius 3 is 2.18 bits per heavy atom. The Kier molecular flexibility index (Phi) is 6.76. The molecule has 0 amide bonds. The third-order valence-electron chi connectivity index (χ3n) is 1.63. The van der Waals surface area contributed by atoms with Crippen molar-refractivity contribution >= 4 is 51.9 Å². The first kappa shape index (κ1) is 12.4. The van der Waals surface area contributed by atoms with Gasteiger partial charge in [-0.3, -0.25) is 0 Å². The molecule has 0 radical (unpaired) electrons. The zero-order valence-corrected chi connectivity index (χ0v) is 10.6. The highest BCUT2D eigenvalue weighted by Crippen LogP contribution is 2.31. The van der Waals surface area contributed by atoms with Crippen LogP contribution in [0.15, 0.2) is 0 Å². The van der Waals surface area contributed by atoms with Crippen molar-refractivity contribution in [3.8, 4) is 0 Å². The second-order valence-electron chi connectivity index (χ2n) is 2.61. The van der Waals surface area contributed by atoms with Crippen LogP contribution in [-0.4, -0.2) is 11.8 Å². The van der Waals surface area contributed by atoms with Crippen molar-refractivity contribution in [3.63, 3.8) is 0 Å². The molecular formula is C6H13Cl3SSi. The zero-order valence-electron chi connectivity index (χ0n) is 6.49. The first-order valence-electron chi connectivity index (χ1n) is 3.67. The van der Waals surface area contributed by atoms with Crippen molar-refractivity contribution in [2.45, 2.75) is 25.8 Å². The van der Waals surface area contributed by atoms with Gasteiger partial charge < -0.3 is 0 Å². The molecule has 0 heterocycles. The average molecular weight is 252 g/mol. The summed E-state index contributed by atoms with van der Waals surface area (Å²) in [6, 6.07) is -1.62. The summed E-state index contributed by atoms with van der Waals surface area (Å²) >= 11 is 21.5. The topological polar surface area (TPSA) is 0 Å². The van der Waals surface area contributed by atoms with Gasteiger partial charge >= 0.3 is 6.00 Å². The van der Waals surface area contributed by atoms with E-state index in [0.29, 0.717) is 5.92 Å². The lowest BCUT2D eigenvalue weighted by molar-refractivity contribution is 0.546. The third-order valence-corrected chi connectivity index (χ3v) is 4.32. The number of halogens is 3. The van der Waals surface area contributed by atoms with Gasteiger partial charge in [-0.1, -0.05) is 13.3 Å². The number of rotatable bonds is 5. The minimum Gasteiger partial charge on any atom is -0.179 e. The Balaban J connectivity index is 3.68. The van der Waals surface area contributed by atoms with Crippen LogP contribution in [0, 0.1) is 5.92 Å². The highest BCUT2D eigenvalue weighted by Gasteiger charge is 2.28. The van der Waals surface area contributed by atoms with E-state index in [9.17, 15) is 0 Å². The van der Waals surface area contributed by atoms with Crippen LogP contribution in [0.1, 0.15) is 19.8 Å². The highest BCUT2D eigenvalue weighted by molar-refractivity contribution is 7.80. The summed E-state index contributed by atoms with van der Waals surface area (Å²) in [4.78, 5) is 0. The fraction of sp³-hybridized carbons (Fsp3) is 1.00. The van der Waals surface area contributed by atoms with Crippen molar-refractivity contribution in [2.24, 2.45) is 5.92 Å². The molecule has 1 atom stereocenters. The lowest BCUT2D eigenvalue weighted by Crippen LogP contribution is -2.15. The van der Waals surface area contributed by atoms with Gasteiger partial charge in [-0.25, -0.2) is 0 Å². The van der Waals surface area contributed by atoms with Gasteiger partial charge in [0.1, 0.15) is 0 Å². The van der Waals surface area contributed by atoms with E-state index in [-0.39, 0.29) is 0 Å². The molecule has 1 unspecified atom stereocenters. The standard InChI is InChI=1S/C6H13Cl3SSi/c1-2-6(3-4-10)5-11(7,8)9/h6,10H,2-5H2,1H3. The normalized spacial score (nSPS) is 15.0. The molecule has 0 saturated heterocycles. The van der Waals surface area contributed by atoms with Gasteiger partial charge in [0.15, 0.2) is 0 Å². The predicted octanol–water partition coefficient (Wildman–Crippen LogP) is 3.99. The molecule has 5 heteroatoms. The lowest BCUT2D eigenvalue weighted by atomic mass is 10.1. The maximum atomic E-state index is 5.79. The van der Waals surface area contributed by atoms with E-state index in [2.05, 4.69) is 19.6 Å². The van der Waals surface area contributed by atoms with Crippen molar-refractivity contribution in [1.29, 1.82) is 0 Å². The van der Waals surface area contributed by atoms with Gasteiger partial charge in [0.05, 0.1) is 0 Å². The molecule has 0 spiro atoms. The van der Waals surface area contributed by atoms with E-state index in [1.54, 1.807) is 0 Å². The van der Waals surface area contributed by atoms with Crippen LogP contribution in [0.4, 0.5) is 0 Å². The van der Waals surface area contributed by atoms with Crippen LogP contribution in [-0.2, 0) is 0 Å². The Bertz CT molecular complexity index is 104. The molecular weight excluding hydrogens is 239 g/mol. The Hall–Kier alpha value is 1.44. The summed E-state index contributed by atoms with van der Waals surface area (Å²) in [5.41, 5.74) is 0. The van der Waals surface area contributed by atoms with E-state index in [1.165, 1.54) is 0 Å². The minimum absolute atomic E-state index is 0.548. The van der Waals surface area contributed by atoms with Gasteiger partial charge in [0, 0.05) is 0 Å².